The molecule has 276 valence electrons. The van der Waals surface area contributed by atoms with Crippen molar-refractivity contribution in [1.82, 2.24) is 26.4 Å². The van der Waals surface area contributed by atoms with Crippen molar-refractivity contribution < 1.29 is 38.2 Å². The van der Waals surface area contributed by atoms with Gasteiger partial charge in [0.25, 0.3) is 23.6 Å². The first-order valence-corrected chi connectivity index (χ1v) is 17.6. The number of anilines is 1. The topological polar surface area (TPSA) is 176 Å². The molecule has 3 aromatic carbocycles. The van der Waals surface area contributed by atoms with Crippen LogP contribution in [0.4, 0.5) is 5.69 Å². The molecule has 0 aromatic heterocycles. The number of imide groups is 1. The van der Waals surface area contributed by atoms with E-state index >= 15 is 0 Å². The zero-order chi connectivity index (χ0) is 36.7. The van der Waals surface area contributed by atoms with Gasteiger partial charge in [0.15, 0.2) is 0 Å². The molecule has 2 aliphatic heterocycles. The second kappa shape index (κ2) is 19.5. The monoisotopic (exact) mass is 714 g/mol. The molecule has 0 bridgehead atoms. The molecule has 1 saturated heterocycles. The molecule has 1 unspecified atom stereocenters. The van der Waals surface area contributed by atoms with Crippen LogP contribution < -0.4 is 26.8 Å². The van der Waals surface area contributed by atoms with Gasteiger partial charge in [-0.3, -0.25) is 34.3 Å². The molecule has 14 heteroatoms. The van der Waals surface area contributed by atoms with Gasteiger partial charge >= 0.3 is 0 Å². The zero-order valence-corrected chi connectivity index (χ0v) is 29.3. The number of benzene rings is 3. The van der Waals surface area contributed by atoms with E-state index in [0.717, 1.165) is 17.5 Å². The van der Waals surface area contributed by atoms with Crippen molar-refractivity contribution >= 4 is 35.2 Å². The van der Waals surface area contributed by atoms with Crippen molar-refractivity contribution in [3.05, 3.63) is 89.0 Å². The number of nitrogens with zero attached hydrogens (tertiary/aromatic N) is 1. The highest BCUT2D eigenvalue weighted by Crippen LogP contribution is 2.32. The van der Waals surface area contributed by atoms with Crippen LogP contribution in [-0.4, -0.2) is 106 Å². The fourth-order valence-corrected chi connectivity index (χ4v) is 5.83. The number of ether oxygens (including phenoxy) is 3. The Balaban J connectivity index is 0.890. The summed E-state index contributed by atoms with van der Waals surface area (Å²) in [6.07, 6.45) is 1.66. The van der Waals surface area contributed by atoms with E-state index < -0.39 is 0 Å². The number of rotatable bonds is 20. The third kappa shape index (κ3) is 10.2. The summed E-state index contributed by atoms with van der Waals surface area (Å²) in [5.74, 6) is -1.14. The molecule has 0 radical (unpaired) electrons. The van der Waals surface area contributed by atoms with Crippen LogP contribution in [0.25, 0.3) is 11.1 Å². The summed E-state index contributed by atoms with van der Waals surface area (Å²) < 4.78 is 16.7. The standard InChI is InChI=1S/C38H46N6O8/c1-2-16-42-43-36(47)29-12-8-27(9-13-29)26-6-10-28(11-7-26)35(46)40-18-20-51-22-24-52-23-21-50-19-17-39-32-5-3-4-31-34(32)38(49)44(37(31)48)30-14-15-33(45)41-25-30/h3-13,30,39,42H,2,14-25H2,1H3,(H,40,46)(H,41,45)(H,43,47). The number of carbonyl (C=O) groups excluding carboxylic acids is 5. The molecule has 52 heavy (non-hydrogen) atoms. The zero-order valence-electron chi connectivity index (χ0n) is 29.3. The average molecular weight is 715 g/mol. The molecule has 5 N–H and O–H groups in total. The van der Waals surface area contributed by atoms with Crippen LogP contribution in [0.15, 0.2) is 66.7 Å². The number of nitrogens with one attached hydrogen (secondary N) is 5. The number of hydrazine groups is 1. The molecular weight excluding hydrogens is 668 g/mol. The summed E-state index contributed by atoms with van der Waals surface area (Å²) in [4.78, 5) is 63.7. The Morgan fingerprint density at radius 3 is 1.98 bits per heavy atom. The molecule has 2 heterocycles. The van der Waals surface area contributed by atoms with Crippen LogP contribution in [0.1, 0.15) is 67.6 Å². The van der Waals surface area contributed by atoms with E-state index in [1.807, 2.05) is 31.2 Å². The second-order valence-electron chi connectivity index (χ2n) is 12.3. The minimum atomic E-state index is -0.351. The van der Waals surface area contributed by atoms with Gasteiger partial charge in [-0.1, -0.05) is 37.3 Å². The number of amides is 5. The fourth-order valence-electron chi connectivity index (χ4n) is 5.83. The highest BCUT2D eigenvalue weighted by Gasteiger charge is 2.42. The van der Waals surface area contributed by atoms with E-state index in [2.05, 4.69) is 26.8 Å². The molecule has 14 nitrogen and oxygen atoms in total. The maximum atomic E-state index is 13.2. The maximum Gasteiger partial charge on any atom is 0.265 e. The van der Waals surface area contributed by atoms with E-state index in [1.54, 1.807) is 42.5 Å². The van der Waals surface area contributed by atoms with Gasteiger partial charge < -0.3 is 30.2 Å². The second-order valence-corrected chi connectivity index (χ2v) is 12.3. The molecule has 3 aromatic rings. The summed E-state index contributed by atoms with van der Waals surface area (Å²) >= 11 is 0. The summed E-state index contributed by atoms with van der Waals surface area (Å²) in [6, 6.07) is 19.3. The molecule has 5 amide bonds. The van der Waals surface area contributed by atoms with Gasteiger partial charge in [-0.15, -0.1) is 0 Å². The van der Waals surface area contributed by atoms with E-state index in [-0.39, 0.29) is 48.5 Å². The molecule has 2 aliphatic rings. The molecule has 1 fully saturated rings. The van der Waals surface area contributed by atoms with Crippen LogP contribution >= 0.6 is 0 Å². The van der Waals surface area contributed by atoms with E-state index in [0.29, 0.717) is 93.6 Å². The average Bonchev–Trinajstić information content (AvgIpc) is 3.43. The van der Waals surface area contributed by atoms with Crippen LogP contribution in [0.2, 0.25) is 0 Å². The number of fused-ring (bicyclic) bond motifs is 1. The minimum absolute atomic E-state index is 0.0724. The Morgan fingerprint density at radius 1 is 0.750 bits per heavy atom. The lowest BCUT2D eigenvalue weighted by molar-refractivity contribution is -0.123. The van der Waals surface area contributed by atoms with Crippen LogP contribution in [0, 0.1) is 0 Å². The van der Waals surface area contributed by atoms with Gasteiger partial charge in [0.1, 0.15) is 0 Å². The number of piperidine rings is 1. The van der Waals surface area contributed by atoms with Crippen molar-refractivity contribution in [2.45, 2.75) is 32.2 Å². The normalized spacial score (nSPS) is 15.3. The quantitative estimate of drug-likeness (QED) is 0.0665. The van der Waals surface area contributed by atoms with Gasteiger partial charge in [0.05, 0.1) is 56.8 Å². The fraction of sp³-hybridized carbons (Fsp3) is 0.395. The van der Waals surface area contributed by atoms with Gasteiger partial charge in [0.2, 0.25) is 5.91 Å². The lowest BCUT2D eigenvalue weighted by atomic mass is 10.0. The third-order valence-electron chi connectivity index (χ3n) is 8.59. The Hall–Kier alpha value is -5.15. The maximum absolute atomic E-state index is 13.2. The summed E-state index contributed by atoms with van der Waals surface area (Å²) in [6.45, 7) is 6.01. The summed E-state index contributed by atoms with van der Waals surface area (Å²) in [5, 5.41) is 8.78. The lowest BCUT2D eigenvalue weighted by Gasteiger charge is -2.29. The van der Waals surface area contributed by atoms with Crippen molar-refractivity contribution in [1.29, 1.82) is 0 Å². The molecule has 0 aliphatic carbocycles. The van der Waals surface area contributed by atoms with Gasteiger partial charge in [-0.05, 0) is 60.4 Å². The van der Waals surface area contributed by atoms with Crippen molar-refractivity contribution in [2.24, 2.45) is 0 Å². The predicted molar refractivity (Wildman–Crippen MR) is 194 cm³/mol. The first-order chi connectivity index (χ1) is 25.4. The highest BCUT2D eigenvalue weighted by atomic mass is 16.5. The molecule has 0 spiro atoms. The molecule has 0 saturated carbocycles. The van der Waals surface area contributed by atoms with E-state index in [1.165, 1.54) is 4.90 Å². The lowest BCUT2D eigenvalue weighted by Crippen LogP contribution is -2.50. The minimum Gasteiger partial charge on any atom is -0.382 e. The Kier molecular flexibility index (Phi) is 14.3. The Bertz CT molecular complexity index is 1690. The predicted octanol–water partition coefficient (Wildman–Crippen LogP) is 2.76. The van der Waals surface area contributed by atoms with Gasteiger partial charge in [-0.2, -0.15) is 0 Å². The van der Waals surface area contributed by atoms with Crippen LogP contribution in [0.5, 0.6) is 0 Å². The number of hydrogen-bond donors (Lipinski definition) is 5. The first kappa shape index (κ1) is 38.1. The SMILES string of the molecule is CCCNNC(=O)c1ccc(-c2ccc(C(=O)NCCOCCOCCOCCNc3cccc4c3C(=O)N(C3CCC(=O)NC3)C4=O)cc2)cc1. The summed E-state index contributed by atoms with van der Waals surface area (Å²) in [7, 11) is 0. The Labute approximate surface area is 302 Å². The Morgan fingerprint density at radius 2 is 1.37 bits per heavy atom. The number of carbonyl (C=O) groups is 5. The summed E-state index contributed by atoms with van der Waals surface area (Å²) in [5.41, 5.74) is 9.80. The molecule has 5 rings (SSSR count). The van der Waals surface area contributed by atoms with E-state index in [4.69, 9.17) is 14.2 Å². The van der Waals surface area contributed by atoms with Gasteiger partial charge in [-0.25, -0.2) is 5.43 Å². The first-order valence-electron chi connectivity index (χ1n) is 17.6. The van der Waals surface area contributed by atoms with Crippen molar-refractivity contribution in [2.75, 3.05) is 71.1 Å². The number of hydrogen-bond acceptors (Lipinski definition) is 10. The highest BCUT2D eigenvalue weighted by molar-refractivity contribution is 6.24. The van der Waals surface area contributed by atoms with Crippen LogP contribution in [-0.2, 0) is 19.0 Å². The van der Waals surface area contributed by atoms with Crippen LogP contribution in [0.3, 0.4) is 0 Å². The third-order valence-corrected chi connectivity index (χ3v) is 8.59. The molecule has 1 atom stereocenters. The van der Waals surface area contributed by atoms with Crippen molar-refractivity contribution in [3.8, 4) is 11.1 Å². The van der Waals surface area contributed by atoms with Crippen molar-refractivity contribution in [3.63, 3.8) is 0 Å². The van der Waals surface area contributed by atoms with Gasteiger partial charge in [0, 0.05) is 49.4 Å². The smallest absolute Gasteiger partial charge is 0.265 e. The molecular formula is C38H46N6O8. The largest absolute Gasteiger partial charge is 0.382 e. The van der Waals surface area contributed by atoms with E-state index in [9.17, 15) is 24.0 Å².